The van der Waals surface area contributed by atoms with E-state index in [1.807, 2.05) is 0 Å². The van der Waals surface area contributed by atoms with Crippen molar-refractivity contribution in [1.82, 2.24) is 0 Å². The first-order valence-electron chi connectivity index (χ1n) is 9.78. The van der Waals surface area contributed by atoms with Crippen molar-refractivity contribution in [3.63, 3.8) is 0 Å². The number of esters is 2. The molecule has 2 heterocycles. The SMILES string of the molecule is O=C1CCC(CCCCOCCCOCCCCC2CCC(=O)O2)O1. The predicted octanol–water partition coefficient (Wildman–Crippen LogP) is 3.16. The first kappa shape index (κ1) is 20.2. The van der Waals surface area contributed by atoms with Gasteiger partial charge in [0.05, 0.1) is 0 Å². The van der Waals surface area contributed by atoms with Gasteiger partial charge in [-0.25, -0.2) is 0 Å². The average Bonchev–Trinajstić information content (AvgIpc) is 3.20. The summed E-state index contributed by atoms with van der Waals surface area (Å²) in [7, 11) is 0. The first-order valence-corrected chi connectivity index (χ1v) is 9.78. The summed E-state index contributed by atoms with van der Waals surface area (Å²) in [6.45, 7) is 2.99. The normalized spacial score (nSPS) is 23.0. The Labute approximate surface area is 150 Å². The van der Waals surface area contributed by atoms with Crippen LogP contribution in [0.3, 0.4) is 0 Å². The van der Waals surface area contributed by atoms with Crippen molar-refractivity contribution in [1.29, 1.82) is 0 Å². The van der Waals surface area contributed by atoms with Crippen molar-refractivity contribution in [3.8, 4) is 0 Å². The lowest BCUT2D eigenvalue weighted by molar-refractivity contribution is -0.142. The molecule has 6 nitrogen and oxygen atoms in total. The quantitative estimate of drug-likeness (QED) is 0.352. The van der Waals surface area contributed by atoms with Crippen LogP contribution in [0, 0.1) is 0 Å². The zero-order valence-electron chi connectivity index (χ0n) is 15.2. The molecule has 2 rings (SSSR count). The standard InChI is InChI=1S/C19H32O6/c20-18-10-8-16(24-18)6-1-3-12-22-14-5-15-23-13-4-2-7-17-9-11-19(21)25-17/h16-17H,1-15H2. The smallest absolute Gasteiger partial charge is 0.306 e. The molecule has 0 aliphatic carbocycles. The van der Waals surface area contributed by atoms with Crippen LogP contribution in [-0.2, 0) is 28.5 Å². The zero-order chi connectivity index (χ0) is 17.7. The molecule has 2 atom stereocenters. The predicted molar refractivity (Wildman–Crippen MR) is 92.2 cm³/mol. The van der Waals surface area contributed by atoms with Gasteiger partial charge in [-0.2, -0.15) is 0 Å². The van der Waals surface area contributed by atoms with Crippen LogP contribution in [0.5, 0.6) is 0 Å². The Morgan fingerprint density at radius 2 is 1.12 bits per heavy atom. The number of unbranched alkanes of at least 4 members (excludes halogenated alkanes) is 2. The van der Waals surface area contributed by atoms with Crippen LogP contribution in [0.15, 0.2) is 0 Å². The average molecular weight is 356 g/mol. The van der Waals surface area contributed by atoms with Gasteiger partial charge in [0.2, 0.25) is 0 Å². The fraction of sp³-hybridized carbons (Fsp3) is 0.895. The lowest BCUT2D eigenvalue weighted by atomic mass is 10.1. The maximum atomic E-state index is 11.0. The molecule has 2 unspecified atom stereocenters. The molecule has 0 saturated carbocycles. The molecule has 0 aromatic carbocycles. The highest BCUT2D eigenvalue weighted by Gasteiger charge is 2.23. The monoisotopic (exact) mass is 356 g/mol. The molecule has 0 N–H and O–H groups in total. The lowest BCUT2D eigenvalue weighted by Gasteiger charge is -2.09. The molecule has 0 spiro atoms. The number of hydrogen-bond acceptors (Lipinski definition) is 6. The largest absolute Gasteiger partial charge is 0.462 e. The van der Waals surface area contributed by atoms with Gasteiger partial charge in [-0.3, -0.25) is 9.59 Å². The minimum atomic E-state index is -0.0526. The summed E-state index contributed by atoms with van der Waals surface area (Å²) in [5.74, 6) is -0.105. The van der Waals surface area contributed by atoms with Crippen LogP contribution in [-0.4, -0.2) is 50.6 Å². The van der Waals surface area contributed by atoms with Crippen LogP contribution >= 0.6 is 0 Å². The van der Waals surface area contributed by atoms with Gasteiger partial charge in [0.1, 0.15) is 12.2 Å². The molecule has 2 aliphatic rings. The number of carbonyl (C=O) groups excluding carboxylic acids is 2. The van der Waals surface area contributed by atoms with Crippen LogP contribution in [0.25, 0.3) is 0 Å². The van der Waals surface area contributed by atoms with Gasteiger partial charge >= 0.3 is 11.9 Å². The Balaban J connectivity index is 1.25. The van der Waals surface area contributed by atoms with E-state index in [4.69, 9.17) is 18.9 Å². The molecule has 0 bridgehead atoms. The van der Waals surface area contributed by atoms with Gasteiger partial charge in [0.15, 0.2) is 0 Å². The first-order chi connectivity index (χ1) is 12.2. The second-order valence-corrected chi connectivity index (χ2v) is 6.87. The number of rotatable bonds is 14. The van der Waals surface area contributed by atoms with Crippen molar-refractivity contribution in [2.24, 2.45) is 0 Å². The molecule has 2 saturated heterocycles. The zero-order valence-corrected chi connectivity index (χ0v) is 15.2. The number of ether oxygens (including phenoxy) is 4. The highest BCUT2D eigenvalue weighted by Crippen LogP contribution is 2.19. The molecule has 0 aromatic heterocycles. The summed E-state index contributed by atoms with van der Waals surface area (Å²) in [4.78, 5) is 21.9. The highest BCUT2D eigenvalue weighted by molar-refractivity contribution is 5.71. The Morgan fingerprint density at radius 3 is 1.52 bits per heavy atom. The van der Waals surface area contributed by atoms with E-state index in [1.54, 1.807) is 0 Å². The third-order valence-corrected chi connectivity index (χ3v) is 4.64. The van der Waals surface area contributed by atoms with Crippen LogP contribution in [0.2, 0.25) is 0 Å². The Hall–Kier alpha value is -1.14. The van der Waals surface area contributed by atoms with Gasteiger partial charge in [0.25, 0.3) is 0 Å². The summed E-state index contributed by atoms with van der Waals surface area (Å²) in [6, 6.07) is 0. The van der Waals surface area contributed by atoms with Crippen LogP contribution in [0.4, 0.5) is 0 Å². The molecular weight excluding hydrogens is 324 g/mol. The molecule has 6 heteroatoms. The lowest BCUT2D eigenvalue weighted by Crippen LogP contribution is -2.08. The van der Waals surface area contributed by atoms with Crippen molar-refractivity contribution in [2.75, 3.05) is 26.4 Å². The Bertz CT molecular complexity index is 361. The second-order valence-electron chi connectivity index (χ2n) is 6.87. The molecule has 0 aromatic rings. The third kappa shape index (κ3) is 9.21. The minimum Gasteiger partial charge on any atom is -0.462 e. The van der Waals surface area contributed by atoms with E-state index in [-0.39, 0.29) is 24.1 Å². The van der Waals surface area contributed by atoms with Crippen LogP contribution < -0.4 is 0 Å². The highest BCUT2D eigenvalue weighted by atomic mass is 16.6. The van der Waals surface area contributed by atoms with Crippen molar-refractivity contribution in [2.45, 2.75) is 82.8 Å². The van der Waals surface area contributed by atoms with Crippen molar-refractivity contribution >= 4 is 11.9 Å². The molecule has 25 heavy (non-hydrogen) atoms. The fourth-order valence-corrected chi connectivity index (χ4v) is 3.19. The van der Waals surface area contributed by atoms with E-state index in [0.29, 0.717) is 12.8 Å². The summed E-state index contributed by atoms with van der Waals surface area (Å²) in [6.07, 6.45) is 10.1. The van der Waals surface area contributed by atoms with E-state index >= 15 is 0 Å². The molecular formula is C19H32O6. The van der Waals surface area contributed by atoms with Gasteiger partial charge in [0, 0.05) is 39.3 Å². The van der Waals surface area contributed by atoms with Crippen molar-refractivity contribution in [3.05, 3.63) is 0 Å². The Morgan fingerprint density at radius 1 is 0.680 bits per heavy atom. The number of cyclic esters (lactones) is 2. The van der Waals surface area contributed by atoms with Gasteiger partial charge in [-0.15, -0.1) is 0 Å². The summed E-state index contributed by atoms with van der Waals surface area (Å²) < 4.78 is 21.5. The topological polar surface area (TPSA) is 71.1 Å². The van der Waals surface area contributed by atoms with Crippen LogP contribution in [0.1, 0.15) is 70.6 Å². The van der Waals surface area contributed by atoms with E-state index in [0.717, 1.165) is 84.2 Å². The van der Waals surface area contributed by atoms with E-state index in [2.05, 4.69) is 0 Å². The van der Waals surface area contributed by atoms with Crippen molar-refractivity contribution < 1.29 is 28.5 Å². The summed E-state index contributed by atoms with van der Waals surface area (Å²) >= 11 is 0. The van der Waals surface area contributed by atoms with Gasteiger partial charge in [-0.1, -0.05) is 0 Å². The minimum absolute atomic E-state index is 0.0526. The molecule has 2 aliphatic heterocycles. The summed E-state index contributed by atoms with van der Waals surface area (Å²) in [5.41, 5.74) is 0. The summed E-state index contributed by atoms with van der Waals surface area (Å²) in [5, 5.41) is 0. The molecule has 0 radical (unpaired) electrons. The van der Waals surface area contributed by atoms with E-state index in [9.17, 15) is 9.59 Å². The number of carbonyl (C=O) groups is 2. The van der Waals surface area contributed by atoms with E-state index < -0.39 is 0 Å². The maximum Gasteiger partial charge on any atom is 0.306 e. The van der Waals surface area contributed by atoms with Gasteiger partial charge in [-0.05, 0) is 57.8 Å². The molecule has 2 fully saturated rings. The maximum absolute atomic E-state index is 11.0. The third-order valence-electron chi connectivity index (χ3n) is 4.64. The Kier molecular flexibility index (Phi) is 9.89. The molecule has 144 valence electrons. The molecule has 0 amide bonds. The van der Waals surface area contributed by atoms with Gasteiger partial charge < -0.3 is 18.9 Å². The van der Waals surface area contributed by atoms with E-state index in [1.165, 1.54) is 0 Å². The second kappa shape index (κ2) is 12.3. The number of hydrogen-bond donors (Lipinski definition) is 0. The fourth-order valence-electron chi connectivity index (χ4n) is 3.19.